The Hall–Kier alpha value is -0.580. The first kappa shape index (κ1) is 12.5. The predicted molar refractivity (Wildman–Crippen MR) is 62.7 cm³/mol. The van der Waals surface area contributed by atoms with Crippen LogP contribution in [0.3, 0.4) is 0 Å². The van der Waals surface area contributed by atoms with Crippen molar-refractivity contribution in [2.45, 2.75) is 31.3 Å². The zero-order valence-corrected chi connectivity index (χ0v) is 9.81. The second-order valence-electron chi connectivity index (χ2n) is 3.56. The van der Waals surface area contributed by atoms with Crippen molar-refractivity contribution in [2.75, 3.05) is 0 Å². The lowest BCUT2D eigenvalue weighted by Crippen LogP contribution is -2.42. The smallest absolute Gasteiger partial charge is 0.320 e. The van der Waals surface area contributed by atoms with E-state index in [4.69, 9.17) is 5.11 Å². The van der Waals surface area contributed by atoms with Gasteiger partial charge < -0.3 is 5.11 Å². The lowest BCUT2D eigenvalue weighted by molar-refractivity contribution is -0.140. The first-order valence-corrected chi connectivity index (χ1v) is 5.67. The van der Waals surface area contributed by atoms with E-state index in [1.54, 1.807) is 11.3 Å². The summed E-state index contributed by atoms with van der Waals surface area (Å²) in [5, 5.41) is 14.1. The first-order valence-electron chi connectivity index (χ1n) is 4.79. The van der Waals surface area contributed by atoms with Crippen molar-refractivity contribution in [1.29, 1.82) is 0 Å². The van der Waals surface area contributed by atoms with E-state index < -0.39 is 5.97 Å². The summed E-state index contributed by atoms with van der Waals surface area (Å²) < 4.78 is 0. The van der Waals surface area contributed by atoms with Crippen LogP contribution in [0.25, 0.3) is 0 Å². The molecule has 0 amide bonds. The molecule has 1 aliphatic rings. The van der Waals surface area contributed by atoms with E-state index in [1.807, 2.05) is 11.4 Å². The fourth-order valence-corrected chi connectivity index (χ4v) is 2.67. The van der Waals surface area contributed by atoms with Crippen molar-refractivity contribution in [1.82, 2.24) is 5.32 Å². The SMILES string of the molecule is Cl.O=C(O)C1CCCC(c2cccs2)N1. The highest BCUT2D eigenvalue weighted by atomic mass is 35.5. The predicted octanol–water partition coefficient (Wildman–Crippen LogP) is 2.44. The normalized spacial score (nSPS) is 25.6. The molecule has 2 atom stereocenters. The molecule has 1 aromatic rings. The lowest BCUT2D eigenvalue weighted by Gasteiger charge is -2.27. The lowest BCUT2D eigenvalue weighted by atomic mass is 9.98. The average Bonchev–Trinajstić information content (AvgIpc) is 2.71. The van der Waals surface area contributed by atoms with E-state index in [9.17, 15) is 4.79 Å². The van der Waals surface area contributed by atoms with Crippen LogP contribution in [0.4, 0.5) is 0 Å². The van der Waals surface area contributed by atoms with E-state index in [-0.39, 0.29) is 24.5 Å². The topological polar surface area (TPSA) is 49.3 Å². The number of halogens is 1. The molecule has 1 fully saturated rings. The van der Waals surface area contributed by atoms with Crippen LogP contribution in [-0.2, 0) is 4.79 Å². The minimum absolute atomic E-state index is 0. The molecule has 2 rings (SSSR count). The van der Waals surface area contributed by atoms with Gasteiger partial charge in [0.05, 0.1) is 0 Å². The Morgan fingerprint density at radius 1 is 1.53 bits per heavy atom. The van der Waals surface area contributed by atoms with Crippen LogP contribution in [0.5, 0.6) is 0 Å². The summed E-state index contributed by atoms with van der Waals surface area (Å²) in [5.41, 5.74) is 0. The number of piperidine rings is 1. The van der Waals surface area contributed by atoms with Crippen LogP contribution in [-0.4, -0.2) is 17.1 Å². The van der Waals surface area contributed by atoms with Crippen molar-refractivity contribution in [3.05, 3.63) is 22.4 Å². The summed E-state index contributed by atoms with van der Waals surface area (Å²) in [4.78, 5) is 12.1. The van der Waals surface area contributed by atoms with E-state index >= 15 is 0 Å². The molecule has 84 valence electrons. The molecule has 0 aliphatic carbocycles. The first-order chi connectivity index (χ1) is 6.77. The van der Waals surface area contributed by atoms with Gasteiger partial charge in [0.2, 0.25) is 0 Å². The number of thiophene rings is 1. The van der Waals surface area contributed by atoms with Gasteiger partial charge in [-0.1, -0.05) is 6.07 Å². The van der Waals surface area contributed by atoms with Crippen molar-refractivity contribution >= 4 is 29.7 Å². The molecule has 2 unspecified atom stereocenters. The monoisotopic (exact) mass is 247 g/mol. The number of hydrogen-bond acceptors (Lipinski definition) is 3. The molecule has 1 aromatic heterocycles. The van der Waals surface area contributed by atoms with Crippen molar-refractivity contribution in [2.24, 2.45) is 0 Å². The van der Waals surface area contributed by atoms with Gasteiger partial charge in [-0.3, -0.25) is 10.1 Å². The molecular weight excluding hydrogens is 234 g/mol. The van der Waals surface area contributed by atoms with Crippen LogP contribution >= 0.6 is 23.7 Å². The van der Waals surface area contributed by atoms with Gasteiger partial charge in [0.25, 0.3) is 0 Å². The fourth-order valence-electron chi connectivity index (χ4n) is 1.84. The number of aliphatic carboxylic acids is 1. The highest BCUT2D eigenvalue weighted by Crippen LogP contribution is 2.28. The molecule has 0 radical (unpaired) electrons. The van der Waals surface area contributed by atoms with Crippen LogP contribution in [0.1, 0.15) is 30.2 Å². The summed E-state index contributed by atoms with van der Waals surface area (Å²) in [6.07, 6.45) is 2.79. The number of hydrogen-bond donors (Lipinski definition) is 2. The Morgan fingerprint density at radius 3 is 2.93 bits per heavy atom. The third-order valence-corrected chi connectivity index (χ3v) is 3.56. The summed E-state index contributed by atoms with van der Waals surface area (Å²) in [7, 11) is 0. The molecule has 15 heavy (non-hydrogen) atoms. The molecule has 3 nitrogen and oxygen atoms in total. The molecule has 5 heteroatoms. The molecule has 1 saturated heterocycles. The Balaban J connectivity index is 0.00000112. The zero-order valence-electron chi connectivity index (χ0n) is 8.18. The molecule has 0 bridgehead atoms. The van der Waals surface area contributed by atoms with Crippen LogP contribution in [0, 0.1) is 0 Å². The van der Waals surface area contributed by atoms with Gasteiger partial charge in [-0.05, 0) is 30.7 Å². The van der Waals surface area contributed by atoms with Crippen molar-refractivity contribution < 1.29 is 9.90 Å². The van der Waals surface area contributed by atoms with Crippen LogP contribution in [0.2, 0.25) is 0 Å². The molecule has 2 heterocycles. The van der Waals surface area contributed by atoms with Gasteiger partial charge in [-0.25, -0.2) is 0 Å². The number of nitrogens with one attached hydrogen (secondary N) is 1. The molecule has 0 spiro atoms. The Labute approximate surface area is 98.9 Å². The summed E-state index contributed by atoms with van der Waals surface area (Å²) in [6, 6.07) is 3.94. The molecule has 0 saturated carbocycles. The maximum atomic E-state index is 10.8. The second kappa shape index (κ2) is 5.49. The summed E-state index contributed by atoms with van der Waals surface area (Å²) in [6.45, 7) is 0. The van der Waals surface area contributed by atoms with Crippen molar-refractivity contribution in [3.63, 3.8) is 0 Å². The second-order valence-corrected chi connectivity index (χ2v) is 4.54. The molecule has 2 N–H and O–H groups in total. The Kier molecular flexibility index (Phi) is 4.57. The number of carboxylic acid groups (broad SMARTS) is 1. The molecule has 1 aliphatic heterocycles. The average molecular weight is 248 g/mol. The summed E-state index contributed by atoms with van der Waals surface area (Å²) >= 11 is 1.69. The molecular formula is C10H14ClNO2S. The highest BCUT2D eigenvalue weighted by Gasteiger charge is 2.26. The number of carboxylic acids is 1. The van der Waals surface area contributed by atoms with E-state index in [1.165, 1.54) is 4.88 Å². The maximum Gasteiger partial charge on any atom is 0.320 e. The minimum atomic E-state index is -0.730. The van der Waals surface area contributed by atoms with Crippen LogP contribution in [0.15, 0.2) is 17.5 Å². The standard InChI is InChI=1S/C10H13NO2S.ClH/c12-10(13)8-4-1-3-7(11-8)9-5-2-6-14-9;/h2,5-8,11H,1,3-4H2,(H,12,13);1H. The molecule has 0 aromatic carbocycles. The van der Waals surface area contributed by atoms with Gasteiger partial charge in [0.15, 0.2) is 0 Å². The third-order valence-electron chi connectivity index (χ3n) is 2.57. The van der Waals surface area contributed by atoms with Gasteiger partial charge >= 0.3 is 5.97 Å². The third kappa shape index (κ3) is 2.93. The number of rotatable bonds is 2. The fraction of sp³-hybridized carbons (Fsp3) is 0.500. The quantitative estimate of drug-likeness (QED) is 0.844. The Morgan fingerprint density at radius 2 is 2.33 bits per heavy atom. The van der Waals surface area contributed by atoms with E-state index in [0.29, 0.717) is 0 Å². The van der Waals surface area contributed by atoms with Crippen molar-refractivity contribution in [3.8, 4) is 0 Å². The zero-order chi connectivity index (χ0) is 9.97. The van der Waals surface area contributed by atoms with Gasteiger partial charge in [0.1, 0.15) is 6.04 Å². The largest absolute Gasteiger partial charge is 0.480 e. The highest BCUT2D eigenvalue weighted by molar-refractivity contribution is 7.10. The van der Waals surface area contributed by atoms with E-state index in [2.05, 4.69) is 11.4 Å². The van der Waals surface area contributed by atoms with E-state index in [0.717, 1.165) is 19.3 Å². The van der Waals surface area contributed by atoms with Gasteiger partial charge in [0, 0.05) is 10.9 Å². The van der Waals surface area contributed by atoms with Gasteiger partial charge in [-0.2, -0.15) is 0 Å². The Bertz CT molecular complexity index is 315. The van der Waals surface area contributed by atoms with Crippen LogP contribution < -0.4 is 5.32 Å². The van der Waals surface area contributed by atoms with Gasteiger partial charge in [-0.15, -0.1) is 23.7 Å². The maximum absolute atomic E-state index is 10.8. The summed E-state index contributed by atoms with van der Waals surface area (Å²) in [5.74, 6) is -0.730. The number of carbonyl (C=O) groups is 1. The minimum Gasteiger partial charge on any atom is -0.480 e.